The van der Waals surface area contributed by atoms with Gasteiger partial charge in [0.15, 0.2) is 5.78 Å². The van der Waals surface area contributed by atoms with Crippen molar-refractivity contribution in [1.82, 2.24) is 4.90 Å². The molecule has 1 aliphatic rings. The molecule has 0 aliphatic carbocycles. The third kappa shape index (κ3) is 4.26. The number of nitrogens with one attached hydrogen (secondary N) is 1. The smallest absolute Gasteiger partial charge is 0.339 e. The summed E-state index contributed by atoms with van der Waals surface area (Å²) in [5, 5.41) is 12.0. The fourth-order valence-corrected chi connectivity index (χ4v) is 3.14. The van der Waals surface area contributed by atoms with Crippen LogP contribution in [-0.4, -0.2) is 34.9 Å². The third-order valence-corrected chi connectivity index (χ3v) is 4.66. The van der Waals surface area contributed by atoms with Gasteiger partial charge in [-0.05, 0) is 42.3 Å². The van der Waals surface area contributed by atoms with Crippen LogP contribution in [0.1, 0.15) is 33.9 Å². The van der Waals surface area contributed by atoms with Crippen LogP contribution in [0.15, 0.2) is 48.7 Å². The summed E-state index contributed by atoms with van der Waals surface area (Å²) in [4.78, 5) is 37.5. The van der Waals surface area contributed by atoms with Gasteiger partial charge in [0.25, 0.3) is 0 Å². The number of aryl methyl sites for hydroxylation is 1. The van der Waals surface area contributed by atoms with E-state index in [0.29, 0.717) is 16.8 Å². The van der Waals surface area contributed by atoms with Crippen LogP contribution in [0.4, 0.5) is 14.9 Å². The topological polar surface area (TPSA) is 95.9 Å². The predicted molar refractivity (Wildman–Crippen MR) is 103 cm³/mol. The fraction of sp³-hybridized carbons (Fsp3) is 0.190. The number of amides is 2. The summed E-state index contributed by atoms with van der Waals surface area (Å²) in [5.41, 5.74) is 1.51. The monoisotopic (exact) mass is 398 g/mol. The molecule has 0 spiro atoms. The Balaban J connectivity index is 1.90. The van der Waals surface area contributed by atoms with Gasteiger partial charge in [0, 0.05) is 24.4 Å². The second-order valence-corrected chi connectivity index (χ2v) is 6.56. The van der Waals surface area contributed by atoms with E-state index in [1.807, 2.05) is 0 Å². The summed E-state index contributed by atoms with van der Waals surface area (Å²) in [7, 11) is 1.34. The van der Waals surface area contributed by atoms with Crippen molar-refractivity contribution in [3.05, 3.63) is 71.2 Å². The molecule has 3 rings (SSSR count). The van der Waals surface area contributed by atoms with Crippen molar-refractivity contribution in [2.24, 2.45) is 0 Å². The predicted octanol–water partition coefficient (Wildman–Crippen LogP) is 3.90. The molecule has 0 bridgehead atoms. The fourth-order valence-electron chi connectivity index (χ4n) is 3.14. The number of rotatable bonds is 4. The summed E-state index contributed by atoms with van der Waals surface area (Å²) >= 11 is 0. The molecule has 0 saturated heterocycles. The number of carbonyl (C=O) groups excluding carboxylic acids is 2. The Morgan fingerprint density at radius 1 is 1.24 bits per heavy atom. The zero-order valence-corrected chi connectivity index (χ0v) is 15.8. The first kappa shape index (κ1) is 20.1. The molecule has 0 fully saturated rings. The van der Waals surface area contributed by atoms with Crippen LogP contribution in [0, 0.1) is 12.7 Å². The molecule has 2 aromatic rings. The third-order valence-electron chi connectivity index (χ3n) is 4.66. The first-order valence-corrected chi connectivity index (χ1v) is 8.78. The molecule has 0 aromatic heterocycles. The van der Waals surface area contributed by atoms with Gasteiger partial charge in [0.05, 0.1) is 13.2 Å². The Morgan fingerprint density at radius 3 is 2.55 bits per heavy atom. The first-order chi connectivity index (χ1) is 13.8. The van der Waals surface area contributed by atoms with Gasteiger partial charge in [0.1, 0.15) is 17.1 Å². The number of ketones is 1. The SMILES string of the molecule is COc1cc(NC(=O)N2C=CC(=O)C[C@H]2c2ccc(F)cc2)c(C)cc1C(=O)O. The molecule has 7 nitrogen and oxygen atoms in total. The molecule has 1 heterocycles. The second-order valence-electron chi connectivity index (χ2n) is 6.56. The van der Waals surface area contributed by atoms with Gasteiger partial charge in [-0.25, -0.2) is 14.0 Å². The molecule has 8 heteroatoms. The van der Waals surface area contributed by atoms with Crippen LogP contribution in [-0.2, 0) is 4.79 Å². The molecule has 2 aromatic carbocycles. The number of hydrogen-bond acceptors (Lipinski definition) is 4. The molecular weight excluding hydrogens is 379 g/mol. The van der Waals surface area contributed by atoms with E-state index in [-0.39, 0.29) is 23.5 Å². The molecule has 0 saturated carbocycles. The van der Waals surface area contributed by atoms with E-state index in [4.69, 9.17) is 4.74 Å². The number of benzene rings is 2. The van der Waals surface area contributed by atoms with Gasteiger partial charge in [-0.2, -0.15) is 0 Å². The number of ether oxygens (including phenoxy) is 1. The van der Waals surface area contributed by atoms with Crippen LogP contribution in [0.25, 0.3) is 0 Å². The van der Waals surface area contributed by atoms with Crippen LogP contribution in [0.2, 0.25) is 0 Å². The number of carboxylic acids is 1. The zero-order chi connectivity index (χ0) is 21.1. The maximum absolute atomic E-state index is 13.3. The Morgan fingerprint density at radius 2 is 1.93 bits per heavy atom. The maximum atomic E-state index is 13.3. The van der Waals surface area contributed by atoms with Crippen molar-refractivity contribution < 1.29 is 28.6 Å². The van der Waals surface area contributed by atoms with E-state index in [1.54, 1.807) is 6.92 Å². The van der Waals surface area contributed by atoms with Gasteiger partial charge >= 0.3 is 12.0 Å². The largest absolute Gasteiger partial charge is 0.496 e. The quantitative estimate of drug-likeness (QED) is 0.814. The lowest BCUT2D eigenvalue weighted by atomic mass is 9.97. The molecule has 2 N–H and O–H groups in total. The van der Waals surface area contributed by atoms with Gasteiger partial charge < -0.3 is 15.2 Å². The second kappa shape index (κ2) is 8.14. The minimum atomic E-state index is -1.14. The Bertz CT molecular complexity index is 1000. The summed E-state index contributed by atoms with van der Waals surface area (Å²) in [6.45, 7) is 1.66. The number of anilines is 1. The molecular formula is C21H19FN2O5. The lowest BCUT2D eigenvalue weighted by Gasteiger charge is -2.31. The van der Waals surface area contributed by atoms with Crippen LogP contribution in [0.3, 0.4) is 0 Å². The molecule has 0 unspecified atom stereocenters. The number of carbonyl (C=O) groups is 3. The molecule has 0 radical (unpaired) electrons. The highest BCUT2D eigenvalue weighted by molar-refractivity contribution is 5.97. The van der Waals surface area contributed by atoms with Crippen molar-refractivity contribution in [2.45, 2.75) is 19.4 Å². The summed E-state index contributed by atoms with van der Waals surface area (Å²) in [6.07, 6.45) is 2.75. The summed E-state index contributed by atoms with van der Waals surface area (Å²) in [6, 6.07) is 7.34. The van der Waals surface area contributed by atoms with Gasteiger partial charge in [-0.15, -0.1) is 0 Å². The van der Waals surface area contributed by atoms with Gasteiger partial charge in [-0.1, -0.05) is 12.1 Å². The molecule has 2 amide bonds. The number of halogens is 1. The number of allylic oxidation sites excluding steroid dienone is 1. The Hall–Kier alpha value is -3.68. The van der Waals surface area contributed by atoms with Crippen molar-refractivity contribution >= 4 is 23.5 Å². The van der Waals surface area contributed by atoms with Crippen LogP contribution >= 0.6 is 0 Å². The minimum Gasteiger partial charge on any atom is -0.496 e. The maximum Gasteiger partial charge on any atom is 0.339 e. The number of aromatic carboxylic acids is 1. The van der Waals surface area contributed by atoms with Crippen molar-refractivity contribution in [3.63, 3.8) is 0 Å². The average molecular weight is 398 g/mol. The van der Waals surface area contributed by atoms with Crippen LogP contribution in [0.5, 0.6) is 5.75 Å². The molecule has 29 heavy (non-hydrogen) atoms. The van der Waals surface area contributed by atoms with Crippen LogP contribution < -0.4 is 10.1 Å². The van der Waals surface area contributed by atoms with E-state index in [2.05, 4.69) is 5.32 Å². The molecule has 1 aliphatic heterocycles. The van der Waals surface area contributed by atoms with Crippen molar-refractivity contribution in [1.29, 1.82) is 0 Å². The van der Waals surface area contributed by atoms with E-state index in [1.165, 1.54) is 60.7 Å². The van der Waals surface area contributed by atoms with E-state index in [9.17, 15) is 23.9 Å². The van der Waals surface area contributed by atoms with E-state index in [0.717, 1.165) is 0 Å². The van der Waals surface area contributed by atoms with Crippen molar-refractivity contribution in [3.8, 4) is 5.75 Å². The Kier molecular flexibility index (Phi) is 5.63. The summed E-state index contributed by atoms with van der Waals surface area (Å²) in [5.74, 6) is -1.59. The normalized spacial score (nSPS) is 15.9. The number of hydrogen-bond donors (Lipinski definition) is 2. The number of carboxylic acid groups (broad SMARTS) is 1. The molecule has 1 atom stereocenters. The lowest BCUT2D eigenvalue weighted by Crippen LogP contribution is -2.37. The number of methoxy groups -OCH3 is 1. The number of urea groups is 1. The average Bonchev–Trinajstić information content (AvgIpc) is 2.69. The standard InChI is InChI=1S/C21H19FN2O5/c1-12-9-16(20(26)27)19(29-2)11-17(12)23-21(28)24-8-7-15(25)10-18(24)13-3-5-14(22)6-4-13/h3-9,11,18H,10H2,1-2H3,(H,23,28)(H,26,27)/t18-/m0/s1. The summed E-state index contributed by atoms with van der Waals surface area (Å²) < 4.78 is 18.4. The van der Waals surface area contributed by atoms with Gasteiger partial charge in [-0.3, -0.25) is 9.69 Å². The van der Waals surface area contributed by atoms with E-state index < -0.39 is 23.9 Å². The van der Waals surface area contributed by atoms with Gasteiger partial charge in [0.2, 0.25) is 0 Å². The molecule has 150 valence electrons. The Labute approximate surface area is 166 Å². The zero-order valence-electron chi connectivity index (χ0n) is 15.8. The highest BCUT2D eigenvalue weighted by atomic mass is 19.1. The number of nitrogens with zero attached hydrogens (tertiary/aromatic N) is 1. The lowest BCUT2D eigenvalue weighted by molar-refractivity contribution is -0.116. The minimum absolute atomic E-state index is 0.0179. The first-order valence-electron chi connectivity index (χ1n) is 8.78. The highest BCUT2D eigenvalue weighted by Crippen LogP contribution is 2.31. The van der Waals surface area contributed by atoms with Crippen molar-refractivity contribution in [2.75, 3.05) is 12.4 Å². The highest BCUT2D eigenvalue weighted by Gasteiger charge is 2.29. The van der Waals surface area contributed by atoms with E-state index >= 15 is 0 Å².